The van der Waals surface area contributed by atoms with E-state index in [1.165, 1.54) is 19.8 Å². The van der Waals surface area contributed by atoms with Gasteiger partial charge in [0.1, 0.15) is 0 Å². The second-order valence-electron chi connectivity index (χ2n) is 5.94. The Labute approximate surface area is 126 Å². The molecule has 1 fully saturated rings. The van der Waals surface area contributed by atoms with Crippen LogP contribution in [0, 0.1) is 11.8 Å². The topological polar surface area (TPSA) is 58.2 Å². The van der Waals surface area contributed by atoms with E-state index in [1.807, 2.05) is 0 Å². The molecule has 114 valence electrons. The summed E-state index contributed by atoms with van der Waals surface area (Å²) in [5.74, 6) is 1.27. The highest BCUT2D eigenvalue weighted by Crippen LogP contribution is 2.33. The van der Waals surface area contributed by atoms with Crippen molar-refractivity contribution in [3.05, 3.63) is 29.8 Å². The normalized spacial score (nSPS) is 24.6. The van der Waals surface area contributed by atoms with Crippen molar-refractivity contribution in [2.45, 2.75) is 46.1 Å². The van der Waals surface area contributed by atoms with Crippen molar-refractivity contribution in [1.29, 1.82) is 0 Å². The highest BCUT2D eigenvalue weighted by Gasteiger charge is 2.32. The summed E-state index contributed by atoms with van der Waals surface area (Å²) in [4.78, 5) is 23.2. The van der Waals surface area contributed by atoms with Gasteiger partial charge in [-0.25, -0.2) is 4.79 Å². The predicted molar refractivity (Wildman–Crippen MR) is 84.6 cm³/mol. The summed E-state index contributed by atoms with van der Waals surface area (Å²) in [6.45, 7) is 5.95. The molecule has 1 aromatic rings. The van der Waals surface area contributed by atoms with Crippen LogP contribution in [0.1, 0.15) is 50.4 Å². The van der Waals surface area contributed by atoms with Crippen LogP contribution < -0.4 is 10.6 Å². The average molecular weight is 288 g/mol. The standard InChI is InChI=1S/C17H24N2O2/c1-4-13-7-10-16(11(13)2)19-17(21)18-15-8-5-14(6-9-15)12(3)20/h5-6,8-9,11,13,16H,4,7,10H2,1-3H3,(H2,18,19,21). The van der Waals surface area contributed by atoms with Crippen LogP contribution in [-0.4, -0.2) is 17.9 Å². The molecule has 0 bridgehead atoms. The highest BCUT2D eigenvalue weighted by atomic mass is 16.2. The molecule has 1 aromatic carbocycles. The molecule has 21 heavy (non-hydrogen) atoms. The second-order valence-corrected chi connectivity index (χ2v) is 5.94. The van der Waals surface area contributed by atoms with Gasteiger partial charge in [-0.3, -0.25) is 4.79 Å². The van der Waals surface area contributed by atoms with Crippen molar-refractivity contribution in [3.63, 3.8) is 0 Å². The van der Waals surface area contributed by atoms with Gasteiger partial charge in [0.2, 0.25) is 0 Å². The molecule has 1 aliphatic carbocycles. The quantitative estimate of drug-likeness (QED) is 0.827. The van der Waals surface area contributed by atoms with Crippen LogP contribution in [0.25, 0.3) is 0 Å². The molecule has 0 heterocycles. The maximum Gasteiger partial charge on any atom is 0.319 e. The number of anilines is 1. The lowest BCUT2D eigenvalue weighted by Gasteiger charge is -2.21. The Kier molecular flexibility index (Phi) is 4.99. The van der Waals surface area contributed by atoms with Crippen molar-refractivity contribution in [2.75, 3.05) is 5.32 Å². The Balaban J connectivity index is 1.88. The van der Waals surface area contributed by atoms with Crippen molar-refractivity contribution in [3.8, 4) is 0 Å². The van der Waals surface area contributed by atoms with E-state index in [4.69, 9.17) is 0 Å². The molecule has 0 aromatic heterocycles. The van der Waals surface area contributed by atoms with Gasteiger partial charge in [-0.15, -0.1) is 0 Å². The number of carbonyl (C=O) groups is 2. The highest BCUT2D eigenvalue weighted by molar-refractivity contribution is 5.95. The Morgan fingerprint density at radius 2 is 1.86 bits per heavy atom. The molecule has 2 amide bonds. The Morgan fingerprint density at radius 3 is 2.38 bits per heavy atom. The fourth-order valence-corrected chi connectivity index (χ4v) is 3.15. The van der Waals surface area contributed by atoms with Gasteiger partial charge in [0.05, 0.1) is 0 Å². The van der Waals surface area contributed by atoms with Gasteiger partial charge in [0.25, 0.3) is 0 Å². The number of benzene rings is 1. The molecule has 0 spiro atoms. The predicted octanol–water partition coefficient (Wildman–Crippen LogP) is 3.84. The number of urea groups is 1. The Hall–Kier alpha value is -1.84. The van der Waals surface area contributed by atoms with Gasteiger partial charge in [-0.2, -0.15) is 0 Å². The van der Waals surface area contributed by atoms with E-state index >= 15 is 0 Å². The Morgan fingerprint density at radius 1 is 1.19 bits per heavy atom. The maximum absolute atomic E-state index is 12.0. The SMILES string of the molecule is CCC1CCC(NC(=O)Nc2ccc(C(C)=O)cc2)C1C. The molecule has 3 unspecified atom stereocenters. The van der Waals surface area contributed by atoms with Crippen LogP contribution in [-0.2, 0) is 0 Å². The minimum absolute atomic E-state index is 0.0244. The number of nitrogens with one attached hydrogen (secondary N) is 2. The summed E-state index contributed by atoms with van der Waals surface area (Å²) < 4.78 is 0. The molecule has 2 rings (SSSR count). The van der Waals surface area contributed by atoms with E-state index in [-0.39, 0.29) is 17.9 Å². The van der Waals surface area contributed by atoms with Crippen LogP contribution >= 0.6 is 0 Å². The van der Waals surface area contributed by atoms with Crippen molar-refractivity contribution in [1.82, 2.24) is 5.32 Å². The summed E-state index contributed by atoms with van der Waals surface area (Å²) in [7, 11) is 0. The van der Waals surface area contributed by atoms with E-state index in [9.17, 15) is 9.59 Å². The van der Waals surface area contributed by atoms with E-state index in [0.717, 1.165) is 6.42 Å². The summed E-state index contributed by atoms with van der Waals surface area (Å²) in [5.41, 5.74) is 1.35. The minimum atomic E-state index is -0.167. The first-order chi connectivity index (χ1) is 10.0. The molecule has 1 aliphatic rings. The summed E-state index contributed by atoms with van der Waals surface area (Å²) in [6.07, 6.45) is 3.42. The number of Topliss-reactive ketones (excluding diaryl/α,β-unsaturated/α-hetero) is 1. The van der Waals surface area contributed by atoms with Crippen LogP contribution in [0.4, 0.5) is 10.5 Å². The van der Waals surface area contributed by atoms with Gasteiger partial charge in [0.15, 0.2) is 5.78 Å². The average Bonchev–Trinajstić information content (AvgIpc) is 2.80. The lowest BCUT2D eigenvalue weighted by atomic mass is 9.94. The van der Waals surface area contributed by atoms with E-state index in [1.54, 1.807) is 24.3 Å². The summed E-state index contributed by atoms with van der Waals surface area (Å²) in [5, 5.41) is 5.89. The lowest BCUT2D eigenvalue weighted by molar-refractivity contribution is 0.101. The Bertz CT molecular complexity index is 510. The fraction of sp³-hybridized carbons (Fsp3) is 0.529. The molecule has 4 heteroatoms. The minimum Gasteiger partial charge on any atom is -0.335 e. The molecule has 4 nitrogen and oxygen atoms in total. The van der Waals surface area contributed by atoms with Crippen LogP contribution in [0.15, 0.2) is 24.3 Å². The molecule has 0 saturated heterocycles. The maximum atomic E-state index is 12.0. The van der Waals surface area contributed by atoms with Gasteiger partial charge >= 0.3 is 6.03 Å². The van der Waals surface area contributed by atoms with Gasteiger partial charge in [0, 0.05) is 17.3 Å². The zero-order valence-corrected chi connectivity index (χ0v) is 13.0. The van der Waals surface area contributed by atoms with Crippen molar-refractivity contribution >= 4 is 17.5 Å². The fourth-order valence-electron chi connectivity index (χ4n) is 3.15. The molecule has 0 aliphatic heterocycles. The third-order valence-electron chi connectivity index (χ3n) is 4.62. The van der Waals surface area contributed by atoms with Crippen LogP contribution in [0.5, 0.6) is 0 Å². The van der Waals surface area contributed by atoms with Gasteiger partial charge in [-0.05, 0) is 55.9 Å². The summed E-state index contributed by atoms with van der Waals surface area (Å²) in [6, 6.07) is 7.05. The van der Waals surface area contributed by atoms with Gasteiger partial charge in [-0.1, -0.05) is 20.3 Å². The lowest BCUT2D eigenvalue weighted by Crippen LogP contribution is -2.40. The molecule has 3 atom stereocenters. The number of hydrogen-bond donors (Lipinski definition) is 2. The van der Waals surface area contributed by atoms with Crippen LogP contribution in [0.2, 0.25) is 0 Å². The van der Waals surface area contributed by atoms with E-state index in [0.29, 0.717) is 23.1 Å². The zero-order valence-electron chi connectivity index (χ0n) is 13.0. The smallest absolute Gasteiger partial charge is 0.319 e. The molecular weight excluding hydrogens is 264 g/mol. The number of carbonyl (C=O) groups excluding carboxylic acids is 2. The largest absolute Gasteiger partial charge is 0.335 e. The second kappa shape index (κ2) is 6.74. The molecular formula is C17H24N2O2. The number of amides is 2. The molecule has 2 N–H and O–H groups in total. The number of hydrogen-bond acceptors (Lipinski definition) is 2. The molecule has 0 radical (unpaired) electrons. The first-order valence-electron chi connectivity index (χ1n) is 7.69. The third-order valence-corrected chi connectivity index (χ3v) is 4.62. The number of ketones is 1. The third kappa shape index (κ3) is 3.84. The molecule has 1 saturated carbocycles. The monoisotopic (exact) mass is 288 g/mol. The van der Waals surface area contributed by atoms with E-state index < -0.39 is 0 Å². The summed E-state index contributed by atoms with van der Waals surface area (Å²) >= 11 is 0. The van der Waals surface area contributed by atoms with Crippen molar-refractivity contribution < 1.29 is 9.59 Å². The zero-order chi connectivity index (χ0) is 15.4. The first-order valence-corrected chi connectivity index (χ1v) is 7.69. The van der Waals surface area contributed by atoms with E-state index in [2.05, 4.69) is 24.5 Å². The van der Waals surface area contributed by atoms with Crippen LogP contribution in [0.3, 0.4) is 0 Å². The first kappa shape index (κ1) is 15.5. The number of rotatable bonds is 4. The van der Waals surface area contributed by atoms with Crippen molar-refractivity contribution in [2.24, 2.45) is 11.8 Å². The van der Waals surface area contributed by atoms with Gasteiger partial charge < -0.3 is 10.6 Å².